The molecule has 0 saturated heterocycles. The van der Waals surface area contributed by atoms with Gasteiger partial charge in [0.15, 0.2) is 0 Å². The summed E-state index contributed by atoms with van der Waals surface area (Å²) < 4.78 is 0. The summed E-state index contributed by atoms with van der Waals surface area (Å²) in [4.78, 5) is 10.8. The number of carbonyl (C=O) groups excluding carboxylic acids is 1. The molecule has 0 aromatic rings. The standard InChI is InChI=1S/C7H12NOP/c1-10(2,3)6-4-5-7(9)8-10/h6H2,1-3H3,(H,8,9). The summed E-state index contributed by atoms with van der Waals surface area (Å²) in [5.74, 6) is 5.24. The van der Waals surface area contributed by atoms with Crippen molar-refractivity contribution in [2.24, 2.45) is 0 Å². The van der Waals surface area contributed by atoms with E-state index in [1.165, 1.54) is 0 Å². The molecule has 1 rings (SSSR count). The van der Waals surface area contributed by atoms with Gasteiger partial charge in [0, 0.05) is 0 Å². The molecule has 1 aliphatic heterocycles. The van der Waals surface area contributed by atoms with Crippen molar-refractivity contribution in [1.82, 2.24) is 5.09 Å². The predicted molar refractivity (Wildman–Crippen MR) is 45.5 cm³/mol. The van der Waals surface area contributed by atoms with Crippen LogP contribution < -0.4 is 5.09 Å². The average molecular weight is 157 g/mol. The molecule has 0 aromatic carbocycles. The second-order valence-corrected chi connectivity index (χ2v) is 10.8. The summed E-state index contributed by atoms with van der Waals surface area (Å²) in [6.07, 6.45) is 0.845. The Morgan fingerprint density at radius 1 is 1.50 bits per heavy atom. The van der Waals surface area contributed by atoms with Crippen LogP contribution in [0.25, 0.3) is 0 Å². The second kappa shape index (κ2) is 1.74. The van der Waals surface area contributed by atoms with E-state index in [4.69, 9.17) is 0 Å². The Balaban J connectivity index is 2.94. The fraction of sp³-hybridized carbons (Fsp3) is 0.571. The van der Waals surface area contributed by atoms with Crippen molar-refractivity contribution in [3.05, 3.63) is 0 Å². The number of rotatable bonds is 0. The molecule has 0 radical (unpaired) electrons. The van der Waals surface area contributed by atoms with Crippen LogP contribution in [0.4, 0.5) is 0 Å². The third kappa shape index (κ3) is 1.72. The van der Waals surface area contributed by atoms with Crippen molar-refractivity contribution in [3.8, 4) is 11.8 Å². The van der Waals surface area contributed by atoms with Gasteiger partial charge in [0.2, 0.25) is 0 Å². The molecule has 1 aliphatic rings. The van der Waals surface area contributed by atoms with Gasteiger partial charge in [0.25, 0.3) is 0 Å². The van der Waals surface area contributed by atoms with Gasteiger partial charge in [-0.1, -0.05) is 0 Å². The Kier molecular flexibility index (Phi) is 1.31. The Labute approximate surface area is 61.4 Å². The van der Waals surface area contributed by atoms with E-state index in [0.717, 1.165) is 6.16 Å². The van der Waals surface area contributed by atoms with Gasteiger partial charge in [0.1, 0.15) is 0 Å². The van der Waals surface area contributed by atoms with E-state index in [1.807, 2.05) is 0 Å². The first-order chi connectivity index (χ1) is 4.37. The van der Waals surface area contributed by atoms with Crippen molar-refractivity contribution in [2.45, 2.75) is 0 Å². The first kappa shape index (κ1) is 7.57. The Bertz CT molecular complexity index is 238. The second-order valence-electron chi connectivity index (χ2n) is 4.02. The van der Waals surface area contributed by atoms with E-state index in [1.54, 1.807) is 0 Å². The van der Waals surface area contributed by atoms with Crippen molar-refractivity contribution < 1.29 is 4.79 Å². The van der Waals surface area contributed by atoms with Gasteiger partial charge in [0.05, 0.1) is 0 Å². The van der Waals surface area contributed by atoms with Crippen molar-refractivity contribution in [2.75, 3.05) is 26.2 Å². The van der Waals surface area contributed by atoms with Crippen LogP contribution in [0, 0.1) is 11.8 Å². The molecular weight excluding hydrogens is 145 g/mol. The molecule has 0 saturated carbocycles. The van der Waals surface area contributed by atoms with Crippen LogP contribution in [0.5, 0.6) is 0 Å². The number of hydrogen-bond donors (Lipinski definition) is 1. The van der Waals surface area contributed by atoms with Crippen LogP contribution >= 0.6 is 6.75 Å². The van der Waals surface area contributed by atoms with Crippen LogP contribution in [-0.4, -0.2) is 32.1 Å². The minimum absolute atomic E-state index is 0.114. The molecule has 0 unspecified atom stereocenters. The van der Waals surface area contributed by atoms with E-state index in [-0.39, 0.29) is 5.91 Å². The molecule has 0 atom stereocenters. The maximum atomic E-state index is 10.8. The minimum atomic E-state index is -1.88. The van der Waals surface area contributed by atoms with Crippen LogP contribution in [0.2, 0.25) is 0 Å². The molecule has 0 fully saturated rings. The molecule has 1 N–H and O–H groups in total. The molecule has 0 bridgehead atoms. The molecule has 56 valence electrons. The number of hydrogen-bond acceptors (Lipinski definition) is 1. The van der Waals surface area contributed by atoms with Gasteiger partial charge >= 0.3 is 60.5 Å². The van der Waals surface area contributed by atoms with E-state index in [0.29, 0.717) is 0 Å². The fourth-order valence-electron chi connectivity index (χ4n) is 0.840. The quantitative estimate of drug-likeness (QED) is 0.402. The van der Waals surface area contributed by atoms with Crippen LogP contribution in [0.15, 0.2) is 0 Å². The van der Waals surface area contributed by atoms with Crippen molar-refractivity contribution >= 4 is 12.7 Å². The maximum absolute atomic E-state index is 10.8. The molecular formula is C7H12NOP. The number of amides is 1. The molecule has 1 heterocycles. The van der Waals surface area contributed by atoms with Gasteiger partial charge in [-0.05, 0) is 0 Å². The van der Waals surface area contributed by atoms with Gasteiger partial charge in [-0.3, -0.25) is 0 Å². The molecule has 2 nitrogen and oxygen atoms in total. The third-order valence-electron chi connectivity index (χ3n) is 1.35. The number of nitrogens with one attached hydrogen (secondary N) is 1. The van der Waals surface area contributed by atoms with E-state index in [9.17, 15) is 4.79 Å². The molecule has 0 aliphatic carbocycles. The summed E-state index contributed by atoms with van der Waals surface area (Å²) in [5, 5.41) is 2.95. The topological polar surface area (TPSA) is 29.1 Å². The molecule has 3 heteroatoms. The summed E-state index contributed by atoms with van der Waals surface area (Å²) in [7, 11) is 0. The van der Waals surface area contributed by atoms with Gasteiger partial charge in [-0.15, -0.1) is 0 Å². The van der Waals surface area contributed by atoms with Gasteiger partial charge < -0.3 is 0 Å². The fourth-order valence-corrected chi connectivity index (χ4v) is 2.36. The third-order valence-corrected chi connectivity index (χ3v) is 3.65. The van der Waals surface area contributed by atoms with Gasteiger partial charge in [-0.2, -0.15) is 0 Å². The molecule has 1 amide bonds. The first-order valence-corrected chi connectivity index (χ1v) is 6.95. The Hall–Kier alpha value is -0.540. The zero-order valence-corrected chi connectivity index (χ0v) is 7.46. The molecule has 10 heavy (non-hydrogen) atoms. The van der Waals surface area contributed by atoms with Crippen molar-refractivity contribution in [3.63, 3.8) is 0 Å². The zero-order valence-electron chi connectivity index (χ0n) is 6.56. The first-order valence-electron chi connectivity index (χ1n) is 3.19. The van der Waals surface area contributed by atoms with Gasteiger partial charge in [-0.25, -0.2) is 0 Å². The predicted octanol–water partition coefficient (Wildman–Crippen LogP) is 0.477. The Morgan fingerprint density at radius 2 is 2.10 bits per heavy atom. The van der Waals surface area contributed by atoms with Crippen LogP contribution in [0.1, 0.15) is 0 Å². The summed E-state index contributed by atoms with van der Waals surface area (Å²) in [6, 6.07) is 0. The molecule has 0 spiro atoms. The summed E-state index contributed by atoms with van der Waals surface area (Å²) in [5.41, 5.74) is 0. The zero-order chi connectivity index (χ0) is 7.85. The van der Waals surface area contributed by atoms with E-state index < -0.39 is 6.75 Å². The Morgan fingerprint density at radius 3 is 2.40 bits per heavy atom. The van der Waals surface area contributed by atoms with E-state index in [2.05, 4.69) is 36.9 Å². The molecule has 0 aromatic heterocycles. The summed E-state index contributed by atoms with van der Waals surface area (Å²) >= 11 is 0. The average Bonchev–Trinajstić information content (AvgIpc) is 1.57. The van der Waals surface area contributed by atoms with Crippen LogP contribution in [0.3, 0.4) is 0 Å². The van der Waals surface area contributed by atoms with Crippen LogP contribution in [-0.2, 0) is 4.79 Å². The van der Waals surface area contributed by atoms with Crippen molar-refractivity contribution in [1.29, 1.82) is 0 Å². The summed E-state index contributed by atoms with van der Waals surface area (Å²) in [6.45, 7) is 4.44. The van der Waals surface area contributed by atoms with E-state index >= 15 is 0 Å². The number of carbonyl (C=O) groups is 1. The SMILES string of the molecule is CP1(C)(C)CC#CC(=O)N1. The normalized spacial score (nSPS) is 30.3. The monoisotopic (exact) mass is 157 g/mol.